The molecule has 0 amide bonds. The van der Waals surface area contributed by atoms with Gasteiger partial charge in [0.15, 0.2) is 0 Å². The lowest BCUT2D eigenvalue weighted by atomic mass is 9.84. The Morgan fingerprint density at radius 2 is 0.564 bits per heavy atom. The van der Waals surface area contributed by atoms with E-state index in [9.17, 15) is 45.0 Å². The summed E-state index contributed by atoms with van der Waals surface area (Å²) < 4.78 is 17.1. The first-order valence-corrected chi connectivity index (χ1v) is 14.1. The number of rotatable bonds is 6. The van der Waals surface area contributed by atoms with Gasteiger partial charge in [-0.2, -0.15) is 0 Å². The van der Waals surface area contributed by atoms with Crippen LogP contribution in [0.3, 0.4) is 0 Å². The Labute approximate surface area is 227 Å². The molecule has 0 aromatic heterocycles. The number of carbonyl (C=O) groups excluding carboxylic acids is 3. The van der Waals surface area contributed by atoms with Crippen LogP contribution in [0.1, 0.15) is 77.0 Å². The maximum absolute atomic E-state index is 12.9. The van der Waals surface area contributed by atoms with Crippen LogP contribution in [-0.2, 0) is 28.6 Å². The van der Waals surface area contributed by atoms with Crippen molar-refractivity contribution in [2.24, 2.45) is 17.8 Å². The van der Waals surface area contributed by atoms with Gasteiger partial charge in [0.05, 0.1) is 54.4 Å². The van der Waals surface area contributed by atoms with Crippen molar-refractivity contribution in [2.75, 3.05) is 0 Å². The fourth-order valence-corrected chi connectivity index (χ4v) is 6.59. The molecule has 12 nitrogen and oxygen atoms in total. The highest BCUT2D eigenvalue weighted by Gasteiger charge is 2.41. The molecule has 4 aliphatic carbocycles. The molecule has 6 atom stereocenters. The van der Waals surface area contributed by atoms with E-state index in [-0.39, 0.29) is 77.0 Å². The van der Waals surface area contributed by atoms with Crippen LogP contribution >= 0.6 is 0 Å². The second kappa shape index (κ2) is 13.2. The SMILES string of the molecule is O=C(OC1CC(OC(=O)C2CC(O)CC(O)C2)CC(OC(=O)C2CC(O)CC(O)C2)C1)C1CC(O)CC(O)C1. The minimum atomic E-state index is -0.817. The lowest BCUT2D eigenvalue weighted by Gasteiger charge is -2.37. The summed E-state index contributed by atoms with van der Waals surface area (Å²) in [5.74, 6) is -3.85. The first kappa shape index (κ1) is 30.1. The van der Waals surface area contributed by atoms with E-state index in [0.29, 0.717) is 0 Å². The Balaban J connectivity index is 1.41. The van der Waals surface area contributed by atoms with E-state index in [2.05, 4.69) is 0 Å². The van der Waals surface area contributed by atoms with E-state index in [1.54, 1.807) is 0 Å². The van der Waals surface area contributed by atoms with Gasteiger partial charge in [0.1, 0.15) is 18.3 Å². The summed E-state index contributed by atoms with van der Waals surface area (Å²) in [6, 6.07) is 0. The molecule has 39 heavy (non-hydrogen) atoms. The molecule has 0 heterocycles. The van der Waals surface area contributed by atoms with Gasteiger partial charge in [-0.05, 0) is 57.8 Å². The van der Waals surface area contributed by atoms with Crippen molar-refractivity contribution in [1.82, 2.24) is 0 Å². The molecule has 4 fully saturated rings. The molecule has 0 spiro atoms. The maximum atomic E-state index is 12.9. The summed E-state index contributed by atoms with van der Waals surface area (Å²) in [5.41, 5.74) is 0. The Hall–Kier alpha value is -1.83. The topological polar surface area (TPSA) is 200 Å². The van der Waals surface area contributed by atoms with Gasteiger partial charge in [-0.15, -0.1) is 0 Å². The van der Waals surface area contributed by atoms with Crippen molar-refractivity contribution in [3.63, 3.8) is 0 Å². The lowest BCUT2D eigenvalue weighted by molar-refractivity contribution is -0.179. The fraction of sp³-hybridized carbons (Fsp3) is 0.889. The van der Waals surface area contributed by atoms with Gasteiger partial charge in [-0.1, -0.05) is 0 Å². The monoisotopic (exact) mass is 558 g/mol. The summed E-state index contributed by atoms with van der Waals surface area (Å²) in [6.45, 7) is 0. The fourth-order valence-electron chi connectivity index (χ4n) is 6.59. The second-order valence-electron chi connectivity index (χ2n) is 12.0. The summed E-state index contributed by atoms with van der Waals surface area (Å²) >= 11 is 0. The summed E-state index contributed by atoms with van der Waals surface area (Å²) in [7, 11) is 0. The van der Waals surface area contributed by atoms with Gasteiger partial charge in [0.25, 0.3) is 0 Å². The molecule has 0 aromatic rings. The molecular weight excluding hydrogens is 516 g/mol. The molecule has 0 aliphatic heterocycles. The van der Waals surface area contributed by atoms with E-state index in [1.807, 2.05) is 0 Å². The average molecular weight is 559 g/mol. The van der Waals surface area contributed by atoms with E-state index in [0.717, 1.165) is 0 Å². The van der Waals surface area contributed by atoms with Gasteiger partial charge in [-0.25, -0.2) is 0 Å². The second-order valence-corrected chi connectivity index (χ2v) is 12.0. The highest BCUT2D eigenvalue weighted by Crippen LogP contribution is 2.34. The molecule has 6 N–H and O–H groups in total. The molecule has 0 saturated heterocycles. The number of carbonyl (C=O) groups is 3. The summed E-state index contributed by atoms with van der Waals surface area (Å²) in [5, 5.41) is 59.7. The van der Waals surface area contributed by atoms with Crippen LogP contribution in [0.4, 0.5) is 0 Å². The van der Waals surface area contributed by atoms with Gasteiger partial charge < -0.3 is 44.8 Å². The highest BCUT2D eigenvalue weighted by atomic mass is 16.6. The first-order valence-electron chi connectivity index (χ1n) is 14.1. The summed E-state index contributed by atoms with van der Waals surface area (Å²) in [6.07, 6.45) is -5.15. The highest BCUT2D eigenvalue weighted by molar-refractivity contribution is 5.74. The third kappa shape index (κ3) is 8.58. The minimum absolute atomic E-state index is 0.155. The van der Waals surface area contributed by atoms with Crippen LogP contribution in [0.2, 0.25) is 0 Å². The van der Waals surface area contributed by atoms with E-state index >= 15 is 0 Å². The standard InChI is InChI=1S/C27H42O12/c28-16-1-13(2-17(29)7-16)25(34)37-22-10-23(38-26(35)14-3-18(30)8-19(31)4-14)12-24(11-22)39-27(36)15-5-20(32)9-21(33)6-15/h13-24,28-33H,1-12H2. The van der Waals surface area contributed by atoms with Crippen LogP contribution in [0, 0.1) is 17.8 Å². The summed E-state index contributed by atoms with van der Waals surface area (Å²) in [4.78, 5) is 38.6. The third-order valence-corrected chi connectivity index (χ3v) is 8.40. The van der Waals surface area contributed by atoms with Crippen LogP contribution in [0.15, 0.2) is 0 Å². The molecule has 0 aromatic carbocycles. The molecule has 4 aliphatic rings. The predicted octanol–water partition coefficient (Wildman–Crippen LogP) is -0.529. The molecule has 0 bridgehead atoms. The quantitative estimate of drug-likeness (QED) is 0.180. The van der Waals surface area contributed by atoms with Crippen molar-refractivity contribution in [3.8, 4) is 0 Å². The maximum Gasteiger partial charge on any atom is 0.309 e. The Morgan fingerprint density at radius 1 is 0.359 bits per heavy atom. The largest absolute Gasteiger partial charge is 0.462 e. The molecule has 4 saturated carbocycles. The minimum Gasteiger partial charge on any atom is -0.462 e. The van der Waals surface area contributed by atoms with Crippen molar-refractivity contribution in [3.05, 3.63) is 0 Å². The van der Waals surface area contributed by atoms with Crippen LogP contribution in [0.5, 0.6) is 0 Å². The van der Waals surface area contributed by atoms with Crippen molar-refractivity contribution in [1.29, 1.82) is 0 Å². The van der Waals surface area contributed by atoms with Crippen molar-refractivity contribution >= 4 is 17.9 Å². The van der Waals surface area contributed by atoms with E-state index in [1.165, 1.54) is 0 Å². The molecule has 6 unspecified atom stereocenters. The number of hydrogen-bond donors (Lipinski definition) is 6. The average Bonchev–Trinajstić information content (AvgIpc) is 2.82. The Bertz CT molecular complexity index is 720. The zero-order valence-electron chi connectivity index (χ0n) is 22.0. The van der Waals surface area contributed by atoms with Crippen LogP contribution in [0.25, 0.3) is 0 Å². The molecule has 12 heteroatoms. The number of ether oxygens (including phenoxy) is 3. The van der Waals surface area contributed by atoms with Crippen molar-refractivity contribution < 1.29 is 59.2 Å². The number of esters is 3. The van der Waals surface area contributed by atoms with Crippen LogP contribution < -0.4 is 0 Å². The Kier molecular flexibility index (Phi) is 10.2. The predicted molar refractivity (Wildman–Crippen MR) is 132 cm³/mol. The number of aliphatic hydroxyl groups excluding tert-OH is 6. The van der Waals surface area contributed by atoms with E-state index in [4.69, 9.17) is 14.2 Å². The van der Waals surface area contributed by atoms with Crippen molar-refractivity contribution in [2.45, 2.75) is 132 Å². The van der Waals surface area contributed by atoms with E-state index < -0.39 is 90.6 Å². The molecule has 222 valence electrons. The van der Waals surface area contributed by atoms with Gasteiger partial charge in [-0.3, -0.25) is 14.4 Å². The number of aliphatic hydroxyl groups is 6. The molecule has 0 radical (unpaired) electrons. The van der Waals surface area contributed by atoms with Gasteiger partial charge in [0.2, 0.25) is 0 Å². The normalized spacial score (nSPS) is 43.2. The lowest BCUT2D eigenvalue weighted by Crippen LogP contribution is -2.44. The molecular formula is C27H42O12. The first-order chi connectivity index (χ1) is 18.4. The number of hydrogen-bond acceptors (Lipinski definition) is 12. The third-order valence-electron chi connectivity index (χ3n) is 8.40. The molecule has 4 rings (SSSR count). The smallest absolute Gasteiger partial charge is 0.309 e. The van der Waals surface area contributed by atoms with Gasteiger partial charge in [0, 0.05) is 19.3 Å². The Morgan fingerprint density at radius 3 is 0.769 bits per heavy atom. The van der Waals surface area contributed by atoms with Gasteiger partial charge >= 0.3 is 17.9 Å². The van der Waals surface area contributed by atoms with Crippen LogP contribution in [-0.4, -0.2) is 103 Å². The zero-order chi connectivity index (χ0) is 28.3. The zero-order valence-corrected chi connectivity index (χ0v) is 22.0.